The fraction of sp³-hybridized carbons (Fsp3) is 0.690. The van der Waals surface area contributed by atoms with Crippen molar-refractivity contribution >= 4 is 41.7 Å². The molecule has 3 amide bonds. The van der Waals surface area contributed by atoms with Crippen LogP contribution < -0.4 is 5.73 Å². The molecule has 212 valence electrons. The molecule has 1 aromatic rings. The topological polar surface area (TPSA) is 87.0 Å². The Morgan fingerprint density at radius 1 is 0.974 bits per heavy atom. The Labute approximate surface area is 238 Å². The number of halogens is 2. The second kappa shape index (κ2) is 12.1. The molecule has 1 aromatic carbocycles. The average molecular weight is 568 g/mol. The lowest BCUT2D eigenvalue weighted by Gasteiger charge is -2.42. The Kier molecular flexibility index (Phi) is 9.81. The van der Waals surface area contributed by atoms with Gasteiger partial charge in [-0.2, -0.15) is 0 Å². The van der Waals surface area contributed by atoms with Crippen LogP contribution in [0.3, 0.4) is 0 Å². The molecular formula is C29H44Cl2N4O3. The van der Waals surface area contributed by atoms with Gasteiger partial charge in [-0.15, -0.1) is 12.4 Å². The van der Waals surface area contributed by atoms with Crippen LogP contribution in [0.25, 0.3) is 0 Å². The molecule has 3 fully saturated rings. The number of amides is 3. The Morgan fingerprint density at radius 3 is 2.13 bits per heavy atom. The molecule has 0 spiro atoms. The van der Waals surface area contributed by atoms with Crippen LogP contribution in [0.5, 0.6) is 0 Å². The summed E-state index contributed by atoms with van der Waals surface area (Å²) in [6.45, 7) is 9.83. The zero-order valence-corrected chi connectivity index (χ0v) is 24.9. The summed E-state index contributed by atoms with van der Waals surface area (Å²) >= 11 is 6.11. The van der Waals surface area contributed by atoms with E-state index in [0.29, 0.717) is 30.5 Å². The van der Waals surface area contributed by atoms with Gasteiger partial charge in [0.1, 0.15) is 6.04 Å². The van der Waals surface area contributed by atoms with E-state index in [2.05, 4.69) is 11.8 Å². The molecule has 4 rings (SSSR count). The van der Waals surface area contributed by atoms with Gasteiger partial charge in [-0.1, -0.05) is 51.4 Å². The monoisotopic (exact) mass is 566 g/mol. The number of nitrogens with two attached hydrogens (primary N) is 1. The van der Waals surface area contributed by atoms with Crippen molar-refractivity contribution in [3.05, 3.63) is 34.9 Å². The van der Waals surface area contributed by atoms with Crippen LogP contribution in [0, 0.1) is 17.3 Å². The standard InChI is InChI=1S/C29H43ClN4O3.ClH/c1-18-6-12-21(13-7-18)34(28(37)29(2,3)4)22-14-25(26(31)35)33(15-22)27(36)24-17-32(5)16-23(24)19-8-10-20(30)11-9-19;/h8-11,18,21-25H,6-7,12-17H2,1-5H3,(H2,31,35);1H/t18?,21?,22-,23-,24+,25-;/m0./s1. The number of hydrogen-bond acceptors (Lipinski definition) is 4. The summed E-state index contributed by atoms with van der Waals surface area (Å²) in [5, 5.41) is 0.662. The predicted octanol–water partition coefficient (Wildman–Crippen LogP) is 4.32. The van der Waals surface area contributed by atoms with Crippen molar-refractivity contribution in [2.75, 3.05) is 26.7 Å². The first kappa shape index (κ1) is 30.7. The molecule has 0 bridgehead atoms. The third kappa shape index (κ3) is 6.48. The molecule has 1 saturated carbocycles. The van der Waals surface area contributed by atoms with Gasteiger partial charge in [0.15, 0.2) is 0 Å². The van der Waals surface area contributed by atoms with Crippen LogP contribution in [0.2, 0.25) is 5.02 Å². The second-order valence-electron chi connectivity index (χ2n) is 12.7. The first-order chi connectivity index (χ1) is 17.4. The maximum Gasteiger partial charge on any atom is 0.240 e. The van der Waals surface area contributed by atoms with E-state index in [1.807, 2.05) is 57.0 Å². The average Bonchev–Trinajstić information content (AvgIpc) is 3.44. The first-order valence-corrected chi connectivity index (χ1v) is 14.1. The van der Waals surface area contributed by atoms with Crippen LogP contribution in [0.15, 0.2) is 24.3 Å². The zero-order valence-electron chi connectivity index (χ0n) is 23.4. The summed E-state index contributed by atoms with van der Waals surface area (Å²) in [5.41, 5.74) is 6.40. The number of nitrogens with zero attached hydrogens (tertiary/aromatic N) is 3. The minimum absolute atomic E-state index is 0. The number of rotatable bonds is 5. The molecule has 38 heavy (non-hydrogen) atoms. The van der Waals surface area contributed by atoms with Crippen molar-refractivity contribution < 1.29 is 14.4 Å². The number of likely N-dealkylation sites (N-methyl/N-ethyl adjacent to an activating group) is 1. The highest BCUT2D eigenvalue weighted by molar-refractivity contribution is 6.30. The molecule has 0 aromatic heterocycles. The van der Waals surface area contributed by atoms with Gasteiger partial charge < -0.3 is 20.4 Å². The van der Waals surface area contributed by atoms with E-state index in [4.69, 9.17) is 17.3 Å². The number of likely N-dealkylation sites (tertiary alicyclic amines) is 2. The predicted molar refractivity (Wildman–Crippen MR) is 153 cm³/mol. The minimum atomic E-state index is -0.702. The van der Waals surface area contributed by atoms with Crippen LogP contribution in [-0.2, 0) is 14.4 Å². The third-order valence-electron chi connectivity index (χ3n) is 8.66. The summed E-state index contributed by atoms with van der Waals surface area (Å²) in [4.78, 5) is 46.3. The van der Waals surface area contributed by atoms with Crippen LogP contribution in [0.4, 0.5) is 0 Å². The lowest BCUT2D eigenvalue weighted by atomic mass is 9.84. The van der Waals surface area contributed by atoms with Gasteiger partial charge >= 0.3 is 0 Å². The summed E-state index contributed by atoms with van der Waals surface area (Å²) in [6.07, 6.45) is 4.50. The molecule has 0 unspecified atom stereocenters. The van der Waals surface area contributed by atoms with Gasteiger partial charge in [-0.3, -0.25) is 14.4 Å². The second-order valence-corrected chi connectivity index (χ2v) is 13.1. The van der Waals surface area contributed by atoms with E-state index in [-0.39, 0.29) is 48.1 Å². The van der Waals surface area contributed by atoms with Gasteiger partial charge in [-0.05, 0) is 62.8 Å². The van der Waals surface area contributed by atoms with Crippen molar-refractivity contribution in [1.29, 1.82) is 0 Å². The maximum atomic E-state index is 14.1. The molecule has 2 saturated heterocycles. The number of carbonyl (C=O) groups is 3. The Morgan fingerprint density at radius 2 is 1.58 bits per heavy atom. The summed E-state index contributed by atoms with van der Waals surface area (Å²) in [7, 11) is 2.02. The van der Waals surface area contributed by atoms with Crippen molar-refractivity contribution in [2.24, 2.45) is 23.0 Å². The number of hydrogen-bond donors (Lipinski definition) is 1. The van der Waals surface area contributed by atoms with Crippen molar-refractivity contribution in [2.45, 2.75) is 83.8 Å². The molecule has 2 aliphatic heterocycles. The van der Waals surface area contributed by atoms with Crippen LogP contribution in [0.1, 0.15) is 71.3 Å². The smallest absolute Gasteiger partial charge is 0.240 e. The lowest BCUT2D eigenvalue weighted by Crippen LogP contribution is -2.53. The van der Waals surface area contributed by atoms with Crippen molar-refractivity contribution in [3.8, 4) is 0 Å². The van der Waals surface area contributed by atoms with Gasteiger partial charge in [0, 0.05) is 42.0 Å². The van der Waals surface area contributed by atoms with E-state index in [1.54, 1.807) is 4.90 Å². The van der Waals surface area contributed by atoms with E-state index in [9.17, 15) is 14.4 Å². The van der Waals surface area contributed by atoms with E-state index in [0.717, 1.165) is 37.8 Å². The number of benzene rings is 1. The fourth-order valence-electron chi connectivity index (χ4n) is 6.58. The minimum Gasteiger partial charge on any atom is -0.368 e. The van der Waals surface area contributed by atoms with Gasteiger partial charge in [0.25, 0.3) is 0 Å². The molecule has 2 heterocycles. The van der Waals surface area contributed by atoms with Crippen molar-refractivity contribution in [3.63, 3.8) is 0 Å². The highest BCUT2D eigenvalue weighted by atomic mass is 35.5. The summed E-state index contributed by atoms with van der Waals surface area (Å²) in [6, 6.07) is 6.91. The van der Waals surface area contributed by atoms with E-state index >= 15 is 0 Å². The highest BCUT2D eigenvalue weighted by Crippen LogP contribution is 2.38. The molecule has 2 N–H and O–H groups in total. The maximum absolute atomic E-state index is 14.1. The molecule has 0 radical (unpaired) electrons. The zero-order chi connectivity index (χ0) is 27.1. The molecule has 7 nitrogen and oxygen atoms in total. The number of carbonyl (C=O) groups excluding carboxylic acids is 3. The van der Waals surface area contributed by atoms with Gasteiger partial charge in [-0.25, -0.2) is 0 Å². The third-order valence-corrected chi connectivity index (χ3v) is 8.91. The Hall–Kier alpha value is -1.83. The molecule has 9 heteroatoms. The van der Waals surface area contributed by atoms with Crippen molar-refractivity contribution in [1.82, 2.24) is 14.7 Å². The molecule has 3 aliphatic rings. The summed E-state index contributed by atoms with van der Waals surface area (Å²) < 4.78 is 0. The molecule has 4 atom stereocenters. The van der Waals surface area contributed by atoms with Gasteiger partial charge in [0.2, 0.25) is 17.7 Å². The van der Waals surface area contributed by atoms with Crippen LogP contribution in [-0.4, -0.2) is 77.2 Å². The first-order valence-electron chi connectivity index (χ1n) is 13.7. The van der Waals surface area contributed by atoms with E-state index < -0.39 is 17.4 Å². The normalized spacial score (nSPS) is 30.1. The Balaban J connectivity index is 0.00000400. The quantitative estimate of drug-likeness (QED) is 0.575. The summed E-state index contributed by atoms with van der Waals surface area (Å²) in [5.74, 6) is -0.0634. The largest absolute Gasteiger partial charge is 0.368 e. The number of primary amides is 1. The van der Waals surface area contributed by atoms with Crippen LogP contribution >= 0.6 is 24.0 Å². The van der Waals surface area contributed by atoms with E-state index in [1.165, 1.54) is 0 Å². The fourth-order valence-corrected chi connectivity index (χ4v) is 6.70. The van der Waals surface area contributed by atoms with Gasteiger partial charge in [0.05, 0.1) is 12.0 Å². The molecular weight excluding hydrogens is 523 g/mol. The Bertz CT molecular complexity index is 1000. The molecule has 1 aliphatic carbocycles. The SMILES string of the molecule is CC1CCC(N(C(=O)C(C)(C)C)[C@H]2C[C@@H](C(N)=O)N(C(=O)[C@@H]3CN(C)C[C@H]3c3ccc(Cl)cc3)C2)CC1.Cl. The lowest BCUT2D eigenvalue weighted by molar-refractivity contribution is -0.146. The highest BCUT2D eigenvalue weighted by Gasteiger charge is 2.49.